The molecule has 152 valence electrons. The van der Waals surface area contributed by atoms with Gasteiger partial charge in [0.25, 0.3) is 0 Å². The molecule has 1 aromatic carbocycles. The molecule has 0 radical (unpaired) electrons. The summed E-state index contributed by atoms with van der Waals surface area (Å²) in [6.45, 7) is 5.90. The van der Waals surface area contributed by atoms with Gasteiger partial charge in [0.1, 0.15) is 0 Å². The predicted octanol–water partition coefficient (Wildman–Crippen LogP) is 4.24. The van der Waals surface area contributed by atoms with Crippen molar-refractivity contribution in [2.45, 2.75) is 50.8 Å². The van der Waals surface area contributed by atoms with Crippen LogP contribution in [-0.4, -0.2) is 36.5 Å². The van der Waals surface area contributed by atoms with Crippen molar-refractivity contribution in [3.05, 3.63) is 29.8 Å². The van der Waals surface area contributed by atoms with Gasteiger partial charge in [-0.2, -0.15) is 11.8 Å². The lowest BCUT2D eigenvalue weighted by Crippen LogP contribution is -2.42. The zero-order chi connectivity index (χ0) is 19.0. The maximum absolute atomic E-state index is 12.3. The van der Waals surface area contributed by atoms with Gasteiger partial charge in [-0.3, -0.25) is 9.79 Å². The molecule has 0 aliphatic heterocycles. The molecule has 1 aliphatic rings. The van der Waals surface area contributed by atoms with Crippen molar-refractivity contribution >= 4 is 53.3 Å². The van der Waals surface area contributed by atoms with Gasteiger partial charge < -0.3 is 16.0 Å². The summed E-state index contributed by atoms with van der Waals surface area (Å²) in [5.74, 6) is 1.12. The van der Waals surface area contributed by atoms with Crippen LogP contribution in [0.3, 0.4) is 0 Å². The lowest BCUT2D eigenvalue weighted by Gasteiger charge is -2.23. The van der Waals surface area contributed by atoms with Crippen molar-refractivity contribution in [3.8, 4) is 0 Å². The first kappa shape index (κ1) is 24.1. The molecule has 27 heavy (non-hydrogen) atoms. The molecule has 0 bridgehead atoms. The zero-order valence-electron chi connectivity index (χ0n) is 16.8. The zero-order valence-corrected chi connectivity index (χ0v) is 19.9. The first-order valence-corrected chi connectivity index (χ1v) is 10.6. The fraction of sp³-hybridized carbons (Fsp3) is 0.600. The van der Waals surface area contributed by atoms with Crippen molar-refractivity contribution in [2.24, 2.45) is 10.9 Å². The second-order valence-electron chi connectivity index (χ2n) is 7.41. The molecule has 0 unspecified atom stereocenters. The van der Waals surface area contributed by atoms with Crippen LogP contribution in [0.4, 0.5) is 5.69 Å². The van der Waals surface area contributed by atoms with Crippen LogP contribution in [0.2, 0.25) is 0 Å². The number of nitrogens with zero attached hydrogens (tertiary/aromatic N) is 1. The number of benzene rings is 1. The summed E-state index contributed by atoms with van der Waals surface area (Å²) in [6.07, 6.45) is 6.48. The Morgan fingerprint density at radius 1 is 1.26 bits per heavy atom. The van der Waals surface area contributed by atoms with Gasteiger partial charge in [-0.25, -0.2) is 0 Å². The maximum atomic E-state index is 12.3. The van der Waals surface area contributed by atoms with E-state index in [-0.39, 0.29) is 40.5 Å². The predicted molar refractivity (Wildman–Crippen MR) is 128 cm³/mol. The molecule has 7 heteroatoms. The number of halogens is 1. The molecule has 0 spiro atoms. The Labute approximate surface area is 185 Å². The summed E-state index contributed by atoms with van der Waals surface area (Å²) in [4.78, 5) is 16.6. The number of hydrogen-bond acceptors (Lipinski definition) is 3. The molecule has 0 heterocycles. The number of aliphatic imine (C=N–C) groups is 1. The number of carbonyl (C=O) groups excluding carboxylic acids is 1. The molecular weight excluding hydrogens is 471 g/mol. The summed E-state index contributed by atoms with van der Waals surface area (Å²) >= 11 is 1.83. The van der Waals surface area contributed by atoms with Crippen molar-refractivity contribution in [2.75, 3.05) is 25.2 Å². The summed E-state index contributed by atoms with van der Waals surface area (Å²) < 4.78 is 0.155. The Bertz CT molecular complexity index is 630. The van der Waals surface area contributed by atoms with Gasteiger partial charge in [-0.1, -0.05) is 25.0 Å². The van der Waals surface area contributed by atoms with Crippen molar-refractivity contribution in [1.29, 1.82) is 0 Å². The van der Waals surface area contributed by atoms with E-state index in [0.717, 1.165) is 36.6 Å². The second-order valence-corrected chi connectivity index (χ2v) is 8.93. The van der Waals surface area contributed by atoms with Gasteiger partial charge in [0.2, 0.25) is 5.91 Å². The fourth-order valence-corrected chi connectivity index (χ4v) is 3.18. The third kappa shape index (κ3) is 8.29. The smallest absolute Gasteiger partial charge is 0.227 e. The van der Waals surface area contributed by atoms with Gasteiger partial charge in [0.05, 0.1) is 0 Å². The quantitative estimate of drug-likeness (QED) is 0.295. The SMILES string of the molecule is CN=C(NCc1cccc(NC(=O)C2CCCC2)c1)NCC(C)(C)SC.I. The molecule has 2 rings (SSSR count). The molecule has 0 aromatic heterocycles. The standard InChI is InChI=1S/C20H32N4OS.HI/c1-20(2,26-4)14-23-19(21-3)22-13-15-8-7-11-17(12-15)24-18(25)16-9-5-6-10-16;/h7-8,11-12,16H,5-6,9-10,13-14H2,1-4H3,(H,24,25)(H2,21,22,23);1H. The van der Waals surface area contributed by atoms with E-state index in [1.807, 2.05) is 30.0 Å². The van der Waals surface area contributed by atoms with Crippen LogP contribution in [0.15, 0.2) is 29.3 Å². The molecule has 5 nitrogen and oxygen atoms in total. The Morgan fingerprint density at radius 3 is 2.59 bits per heavy atom. The highest BCUT2D eigenvalue weighted by atomic mass is 127. The molecule has 0 saturated heterocycles. The Balaban J connectivity index is 0.00000364. The minimum absolute atomic E-state index is 0. The van der Waals surface area contributed by atoms with E-state index in [9.17, 15) is 4.79 Å². The lowest BCUT2D eigenvalue weighted by atomic mass is 10.1. The van der Waals surface area contributed by atoms with Gasteiger partial charge in [0.15, 0.2) is 5.96 Å². The fourth-order valence-electron chi connectivity index (χ4n) is 2.97. The van der Waals surface area contributed by atoms with Gasteiger partial charge in [-0.15, -0.1) is 24.0 Å². The van der Waals surface area contributed by atoms with E-state index in [2.05, 4.69) is 47.1 Å². The van der Waals surface area contributed by atoms with E-state index in [0.29, 0.717) is 6.54 Å². The van der Waals surface area contributed by atoms with Crippen LogP contribution in [0.5, 0.6) is 0 Å². The number of nitrogens with one attached hydrogen (secondary N) is 3. The minimum atomic E-state index is 0. The van der Waals surface area contributed by atoms with Crippen LogP contribution in [0.25, 0.3) is 0 Å². The van der Waals surface area contributed by atoms with E-state index in [1.165, 1.54) is 12.8 Å². The van der Waals surface area contributed by atoms with Crippen LogP contribution in [0.1, 0.15) is 45.1 Å². The monoisotopic (exact) mass is 504 g/mol. The van der Waals surface area contributed by atoms with E-state index >= 15 is 0 Å². The minimum Gasteiger partial charge on any atom is -0.355 e. The molecule has 1 aromatic rings. The molecular formula is C20H33IN4OS. The third-order valence-corrected chi connectivity index (χ3v) is 6.09. The molecule has 1 aliphatic carbocycles. The van der Waals surface area contributed by atoms with Crippen LogP contribution < -0.4 is 16.0 Å². The molecule has 1 amide bonds. The number of rotatable bonds is 7. The normalized spacial score (nSPS) is 15.2. The van der Waals surface area contributed by atoms with Gasteiger partial charge >= 0.3 is 0 Å². The summed E-state index contributed by atoms with van der Waals surface area (Å²) in [7, 11) is 1.78. The van der Waals surface area contributed by atoms with Crippen LogP contribution in [-0.2, 0) is 11.3 Å². The average Bonchev–Trinajstić information content (AvgIpc) is 3.17. The number of amides is 1. The highest BCUT2D eigenvalue weighted by Crippen LogP contribution is 2.26. The number of thioether (sulfide) groups is 1. The number of carbonyl (C=O) groups is 1. The molecule has 0 atom stereocenters. The second kappa shape index (κ2) is 11.8. The number of hydrogen-bond donors (Lipinski definition) is 3. The Morgan fingerprint density at radius 2 is 1.96 bits per heavy atom. The highest BCUT2D eigenvalue weighted by molar-refractivity contribution is 14.0. The lowest BCUT2D eigenvalue weighted by molar-refractivity contribution is -0.119. The molecule has 3 N–H and O–H groups in total. The molecule has 1 saturated carbocycles. The molecule has 1 fully saturated rings. The van der Waals surface area contributed by atoms with E-state index in [4.69, 9.17) is 0 Å². The largest absolute Gasteiger partial charge is 0.355 e. The summed E-state index contributed by atoms with van der Waals surface area (Å²) in [6, 6.07) is 8.01. The van der Waals surface area contributed by atoms with Crippen molar-refractivity contribution in [1.82, 2.24) is 10.6 Å². The topological polar surface area (TPSA) is 65.5 Å². The first-order valence-electron chi connectivity index (χ1n) is 9.33. The van der Waals surface area contributed by atoms with Gasteiger partial charge in [0, 0.05) is 36.5 Å². The number of guanidine groups is 1. The van der Waals surface area contributed by atoms with Crippen LogP contribution in [0, 0.1) is 5.92 Å². The first-order chi connectivity index (χ1) is 12.4. The average molecular weight is 504 g/mol. The van der Waals surface area contributed by atoms with E-state index < -0.39 is 0 Å². The van der Waals surface area contributed by atoms with Gasteiger partial charge in [-0.05, 0) is 50.6 Å². The Kier molecular flexibility index (Phi) is 10.5. The maximum Gasteiger partial charge on any atom is 0.227 e. The van der Waals surface area contributed by atoms with Crippen molar-refractivity contribution < 1.29 is 4.79 Å². The summed E-state index contributed by atoms with van der Waals surface area (Å²) in [5.41, 5.74) is 1.98. The number of anilines is 1. The summed E-state index contributed by atoms with van der Waals surface area (Å²) in [5, 5.41) is 9.76. The van der Waals surface area contributed by atoms with Crippen molar-refractivity contribution in [3.63, 3.8) is 0 Å². The third-order valence-electron chi connectivity index (χ3n) is 4.84. The highest BCUT2D eigenvalue weighted by Gasteiger charge is 2.22. The van der Waals surface area contributed by atoms with E-state index in [1.54, 1.807) is 7.05 Å². The Hall–Kier alpha value is -0.960. The van der Waals surface area contributed by atoms with Crippen LogP contribution >= 0.6 is 35.7 Å².